The number of aromatic nitrogens is 3. The van der Waals surface area contributed by atoms with Crippen LogP contribution in [0.25, 0.3) is 16.6 Å². The summed E-state index contributed by atoms with van der Waals surface area (Å²) in [6.07, 6.45) is 8.61. The summed E-state index contributed by atoms with van der Waals surface area (Å²) in [6, 6.07) is 6.75. The van der Waals surface area contributed by atoms with Gasteiger partial charge in [0, 0.05) is 22.8 Å². The number of halogens is 1. The molecule has 0 atom stereocenters. The quantitative estimate of drug-likeness (QED) is 0.470. The van der Waals surface area contributed by atoms with Crippen molar-refractivity contribution < 1.29 is 18.7 Å². The van der Waals surface area contributed by atoms with E-state index in [1.807, 2.05) is 0 Å². The molecule has 1 saturated carbocycles. The first kappa shape index (κ1) is 19.6. The van der Waals surface area contributed by atoms with E-state index in [9.17, 15) is 9.59 Å². The van der Waals surface area contributed by atoms with Gasteiger partial charge in [0.15, 0.2) is 5.65 Å². The van der Waals surface area contributed by atoms with Crippen LogP contribution < -0.4 is 5.32 Å². The van der Waals surface area contributed by atoms with E-state index in [0.29, 0.717) is 38.5 Å². The zero-order valence-electron chi connectivity index (χ0n) is 16.5. The molecular weight excluding hydrogens is 420 g/mol. The maximum atomic E-state index is 12.7. The minimum Gasteiger partial charge on any atom is -0.459 e. The van der Waals surface area contributed by atoms with Crippen molar-refractivity contribution in [2.45, 2.75) is 38.3 Å². The molecule has 5 rings (SSSR count). The lowest BCUT2D eigenvalue weighted by atomic mass is 10.1. The molecule has 1 aromatic carbocycles. The minimum atomic E-state index is -0.443. The number of rotatable bonds is 5. The van der Waals surface area contributed by atoms with Gasteiger partial charge < -0.3 is 14.5 Å². The van der Waals surface area contributed by atoms with Crippen LogP contribution in [-0.4, -0.2) is 32.6 Å². The molecule has 0 spiro atoms. The lowest BCUT2D eigenvalue weighted by Crippen LogP contribution is -2.22. The molecule has 0 bridgehead atoms. The van der Waals surface area contributed by atoms with Crippen molar-refractivity contribution in [2.75, 3.05) is 0 Å². The van der Waals surface area contributed by atoms with E-state index >= 15 is 0 Å². The average molecular weight is 439 g/mol. The zero-order chi connectivity index (χ0) is 21.4. The van der Waals surface area contributed by atoms with Gasteiger partial charge >= 0.3 is 5.97 Å². The van der Waals surface area contributed by atoms with Crippen LogP contribution in [0, 0.1) is 0 Å². The van der Waals surface area contributed by atoms with Crippen LogP contribution in [0.5, 0.6) is 0 Å². The monoisotopic (exact) mass is 438 g/mol. The van der Waals surface area contributed by atoms with Gasteiger partial charge in [0.2, 0.25) is 0 Å². The SMILES string of the molecule is O=C(OC1CCCC1)c1cc(Cl)cc2cc(CNC(=O)c3cnn4cccnc34)oc12. The second-order valence-corrected chi connectivity index (χ2v) is 7.96. The summed E-state index contributed by atoms with van der Waals surface area (Å²) in [6.45, 7) is 0.131. The molecule has 8 nitrogen and oxygen atoms in total. The van der Waals surface area contributed by atoms with Gasteiger partial charge in [0.25, 0.3) is 5.91 Å². The highest BCUT2D eigenvalue weighted by Gasteiger charge is 2.23. The molecule has 1 amide bonds. The van der Waals surface area contributed by atoms with Crippen molar-refractivity contribution in [3.63, 3.8) is 0 Å². The Hall–Kier alpha value is -3.39. The molecule has 0 unspecified atom stereocenters. The van der Waals surface area contributed by atoms with Crippen LogP contribution in [0.15, 0.2) is 47.3 Å². The third kappa shape index (κ3) is 3.86. The van der Waals surface area contributed by atoms with Crippen LogP contribution in [0.3, 0.4) is 0 Å². The van der Waals surface area contributed by atoms with Crippen LogP contribution in [0.1, 0.15) is 52.2 Å². The molecule has 4 aromatic rings. The van der Waals surface area contributed by atoms with E-state index < -0.39 is 5.97 Å². The maximum absolute atomic E-state index is 12.7. The molecule has 3 heterocycles. The van der Waals surface area contributed by atoms with Gasteiger partial charge in [0.05, 0.1) is 12.7 Å². The molecule has 1 N–H and O–H groups in total. The molecule has 0 saturated heterocycles. The predicted molar refractivity (Wildman–Crippen MR) is 113 cm³/mol. The van der Waals surface area contributed by atoms with Crippen molar-refractivity contribution in [2.24, 2.45) is 0 Å². The fourth-order valence-corrected chi connectivity index (χ4v) is 4.11. The number of hydrogen-bond acceptors (Lipinski definition) is 6. The van der Waals surface area contributed by atoms with Crippen molar-refractivity contribution in [1.82, 2.24) is 19.9 Å². The van der Waals surface area contributed by atoms with E-state index in [1.165, 1.54) is 10.7 Å². The van der Waals surface area contributed by atoms with E-state index in [0.717, 1.165) is 25.7 Å². The van der Waals surface area contributed by atoms with Crippen LogP contribution in [0.4, 0.5) is 0 Å². The topological polar surface area (TPSA) is 98.7 Å². The zero-order valence-corrected chi connectivity index (χ0v) is 17.3. The number of furan rings is 1. The molecular formula is C22H19ClN4O4. The molecule has 1 aliphatic carbocycles. The highest BCUT2D eigenvalue weighted by atomic mass is 35.5. The summed E-state index contributed by atoms with van der Waals surface area (Å²) >= 11 is 6.21. The summed E-state index contributed by atoms with van der Waals surface area (Å²) in [5, 5.41) is 8.01. The number of fused-ring (bicyclic) bond motifs is 2. The molecule has 0 aliphatic heterocycles. The van der Waals surface area contributed by atoms with Crippen LogP contribution >= 0.6 is 11.6 Å². The Morgan fingerprint density at radius 2 is 2.06 bits per heavy atom. The second kappa shape index (κ2) is 8.03. The lowest BCUT2D eigenvalue weighted by Gasteiger charge is -2.11. The van der Waals surface area contributed by atoms with E-state index in [2.05, 4.69) is 15.4 Å². The summed E-state index contributed by atoms with van der Waals surface area (Å²) < 4.78 is 13.0. The largest absolute Gasteiger partial charge is 0.459 e. The summed E-state index contributed by atoms with van der Waals surface area (Å²) in [5.41, 5.74) is 1.52. The van der Waals surface area contributed by atoms with Gasteiger partial charge in [-0.3, -0.25) is 4.79 Å². The van der Waals surface area contributed by atoms with Gasteiger partial charge in [-0.1, -0.05) is 11.6 Å². The summed E-state index contributed by atoms with van der Waals surface area (Å²) in [4.78, 5) is 29.5. The Kier molecular flexibility index (Phi) is 5.07. The van der Waals surface area contributed by atoms with E-state index in [1.54, 1.807) is 36.7 Å². The van der Waals surface area contributed by atoms with Crippen molar-refractivity contribution in [3.05, 3.63) is 64.8 Å². The summed E-state index contributed by atoms with van der Waals surface area (Å²) in [7, 11) is 0. The molecule has 3 aromatic heterocycles. The molecule has 31 heavy (non-hydrogen) atoms. The number of nitrogens with zero attached hydrogens (tertiary/aromatic N) is 3. The highest BCUT2D eigenvalue weighted by molar-refractivity contribution is 6.32. The van der Waals surface area contributed by atoms with E-state index in [-0.39, 0.29) is 18.6 Å². The Balaban J connectivity index is 1.35. The van der Waals surface area contributed by atoms with Gasteiger partial charge in [-0.2, -0.15) is 5.10 Å². The van der Waals surface area contributed by atoms with Gasteiger partial charge in [0.1, 0.15) is 28.6 Å². The second-order valence-electron chi connectivity index (χ2n) is 7.52. The third-order valence-corrected chi connectivity index (χ3v) is 5.59. The fraction of sp³-hybridized carbons (Fsp3) is 0.273. The Labute approximate surface area is 182 Å². The number of amides is 1. The first-order valence-electron chi connectivity index (χ1n) is 10.1. The molecule has 1 fully saturated rings. The standard InChI is InChI=1S/C22H19ClN4O4/c23-14-8-13-9-16(11-25-21(28)18-12-26-27-7-3-6-24-20(18)27)30-19(13)17(10-14)22(29)31-15-4-1-2-5-15/h3,6-10,12,15H,1-2,4-5,11H2,(H,25,28). The summed E-state index contributed by atoms with van der Waals surface area (Å²) in [5.74, 6) is -0.278. The number of ether oxygens (including phenoxy) is 1. The number of benzene rings is 1. The molecule has 9 heteroatoms. The number of hydrogen-bond donors (Lipinski definition) is 1. The van der Waals surface area contributed by atoms with Crippen molar-refractivity contribution >= 4 is 40.1 Å². The Morgan fingerprint density at radius 1 is 1.23 bits per heavy atom. The predicted octanol–water partition coefficient (Wildman–Crippen LogP) is 4.16. The first-order chi connectivity index (χ1) is 15.1. The molecule has 0 radical (unpaired) electrons. The van der Waals surface area contributed by atoms with Gasteiger partial charge in [-0.05, 0) is 49.9 Å². The van der Waals surface area contributed by atoms with E-state index in [4.69, 9.17) is 20.8 Å². The molecule has 158 valence electrons. The van der Waals surface area contributed by atoms with Crippen molar-refractivity contribution in [1.29, 1.82) is 0 Å². The Bertz CT molecular complexity index is 1290. The Morgan fingerprint density at radius 3 is 2.90 bits per heavy atom. The number of esters is 1. The fourth-order valence-electron chi connectivity index (χ4n) is 3.88. The van der Waals surface area contributed by atoms with Gasteiger partial charge in [-0.25, -0.2) is 14.3 Å². The van der Waals surface area contributed by atoms with Gasteiger partial charge in [-0.15, -0.1) is 0 Å². The third-order valence-electron chi connectivity index (χ3n) is 5.37. The number of carbonyl (C=O) groups is 2. The van der Waals surface area contributed by atoms with Crippen molar-refractivity contribution in [3.8, 4) is 0 Å². The maximum Gasteiger partial charge on any atom is 0.342 e. The average Bonchev–Trinajstić information content (AvgIpc) is 3.50. The minimum absolute atomic E-state index is 0.0605. The smallest absolute Gasteiger partial charge is 0.342 e. The van der Waals surface area contributed by atoms with Crippen LogP contribution in [0.2, 0.25) is 5.02 Å². The molecule has 1 aliphatic rings. The number of carbonyl (C=O) groups excluding carboxylic acids is 2. The van der Waals surface area contributed by atoms with Crippen LogP contribution in [-0.2, 0) is 11.3 Å². The lowest BCUT2D eigenvalue weighted by molar-refractivity contribution is 0.0319. The highest BCUT2D eigenvalue weighted by Crippen LogP contribution is 2.29. The number of nitrogens with one attached hydrogen (secondary N) is 1. The normalized spacial score (nSPS) is 14.4. The first-order valence-corrected chi connectivity index (χ1v) is 10.5.